The van der Waals surface area contributed by atoms with Crippen LogP contribution in [0.5, 0.6) is 0 Å². The number of hydrogen-bond donors (Lipinski definition) is 2. The zero-order valence-corrected chi connectivity index (χ0v) is 13.8. The van der Waals surface area contributed by atoms with Crippen LogP contribution in [0.4, 0.5) is 4.79 Å². The van der Waals surface area contributed by atoms with E-state index < -0.39 is 0 Å². The number of ether oxygens (including phenoxy) is 1. The molecule has 1 unspecified atom stereocenters. The van der Waals surface area contributed by atoms with Crippen LogP contribution in [0.15, 0.2) is 11.3 Å². The fourth-order valence-electron chi connectivity index (χ4n) is 2.84. The average molecular weight is 309 g/mol. The standard InChI is InChI=1S/C16H27N3O3/c1-4-8-19(9-12-6-7-12)10-13-14(15(20)22-5-2)11(3)17-16(21)18-13/h11-12H,4-10H2,1-3H3,(H2,17,18,21). The van der Waals surface area contributed by atoms with Gasteiger partial charge in [0.2, 0.25) is 0 Å². The van der Waals surface area contributed by atoms with E-state index in [1.807, 2.05) is 6.92 Å². The summed E-state index contributed by atoms with van der Waals surface area (Å²) < 4.78 is 5.15. The molecule has 0 aromatic rings. The highest BCUT2D eigenvalue weighted by Gasteiger charge is 2.31. The Balaban J connectivity index is 2.16. The van der Waals surface area contributed by atoms with Gasteiger partial charge in [-0.3, -0.25) is 4.90 Å². The van der Waals surface area contributed by atoms with E-state index in [-0.39, 0.29) is 18.0 Å². The summed E-state index contributed by atoms with van der Waals surface area (Å²) in [4.78, 5) is 26.3. The van der Waals surface area contributed by atoms with Crippen LogP contribution in [0.2, 0.25) is 0 Å². The van der Waals surface area contributed by atoms with E-state index in [2.05, 4.69) is 22.5 Å². The highest BCUT2D eigenvalue weighted by molar-refractivity contribution is 5.94. The Hall–Kier alpha value is -1.56. The maximum Gasteiger partial charge on any atom is 0.337 e. The first-order valence-electron chi connectivity index (χ1n) is 8.25. The van der Waals surface area contributed by atoms with Gasteiger partial charge in [-0.05, 0) is 45.6 Å². The molecule has 2 aliphatic rings. The van der Waals surface area contributed by atoms with Crippen molar-refractivity contribution in [3.05, 3.63) is 11.3 Å². The summed E-state index contributed by atoms with van der Waals surface area (Å²) in [6, 6.07) is -0.578. The zero-order chi connectivity index (χ0) is 16.1. The number of nitrogens with zero attached hydrogens (tertiary/aromatic N) is 1. The lowest BCUT2D eigenvalue weighted by atomic mass is 10.0. The van der Waals surface area contributed by atoms with Crippen LogP contribution >= 0.6 is 0 Å². The van der Waals surface area contributed by atoms with Crippen molar-refractivity contribution in [2.24, 2.45) is 5.92 Å². The molecule has 2 rings (SSSR count). The maximum atomic E-state index is 12.2. The molecule has 0 spiro atoms. The number of hydrogen-bond acceptors (Lipinski definition) is 4. The molecule has 0 aromatic carbocycles. The Morgan fingerprint density at radius 1 is 1.36 bits per heavy atom. The van der Waals surface area contributed by atoms with Crippen molar-refractivity contribution in [1.29, 1.82) is 0 Å². The Bertz CT molecular complexity index is 458. The minimum atomic E-state index is -0.347. The topological polar surface area (TPSA) is 70.7 Å². The van der Waals surface area contributed by atoms with Crippen molar-refractivity contribution in [3.8, 4) is 0 Å². The predicted octanol–water partition coefficient (Wildman–Crippen LogP) is 1.63. The second-order valence-electron chi connectivity index (χ2n) is 6.11. The Kier molecular flexibility index (Phi) is 5.83. The number of carbonyl (C=O) groups is 2. The van der Waals surface area contributed by atoms with Gasteiger partial charge in [0.15, 0.2) is 0 Å². The van der Waals surface area contributed by atoms with Gasteiger partial charge < -0.3 is 15.4 Å². The van der Waals surface area contributed by atoms with Crippen LogP contribution in [0.25, 0.3) is 0 Å². The molecule has 2 amide bonds. The smallest absolute Gasteiger partial charge is 0.337 e. The van der Waals surface area contributed by atoms with Gasteiger partial charge in [0, 0.05) is 18.8 Å². The van der Waals surface area contributed by atoms with Crippen molar-refractivity contribution in [2.45, 2.75) is 46.1 Å². The van der Waals surface area contributed by atoms with Crippen LogP contribution in [-0.4, -0.2) is 49.2 Å². The first-order valence-corrected chi connectivity index (χ1v) is 8.25. The number of rotatable bonds is 8. The van der Waals surface area contributed by atoms with Gasteiger partial charge in [0.25, 0.3) is 0 Å². The van der Waals surface area contributed by atoms with E-state index in [0.717, 1.165) is 25.4 Å². The quantitative estimate of drug-likeness (QED) is 0.669. The largest absolute Gasteiger partial charge is 0.463 e. The fraction of sp³-hybridized carbons (Fsp3) is 0.750. The summed E-state index contributed by atoms with van der Waals surface area (Å²) in [5, 5.41) is 5.54. The van der Waals surface area contributed by atoms with Gasteiger partial charge in [-0.1, -0.05) is 6.92 Å². The molecular formula is C16H27N3O3. The average Bonchev–Trinajstić information content (AvgIpc) is 3.22. The monoisotopic (exact) mass is 309 g/mol. The molecule has 0 aromatic heterocycles. The van der Waals surface area contributed by atoms with Crippen LogP contribution < -0.4 is 10.6 Å². The van der Waals surface area contributed by atoms with E-state index in [4.69, 9.17) is 4.74 Å². The third kappa shape index (κ3) is 4.47. The summed E-state index contributed by atoms with van der Waals surface area (Å²) in [5.74, 6) is 0.424. The molecule has 1 aliphatic carbocycles. The summed E-state index contributed by atoms with van der Waals surface area (Å²) >= 11 is 0. The summed E-state index contributed by atoms with van der Waals surface area (Å²) in [6.45, 7) is 8.67. The molecule has 1 atom stereocenters. The Morgan fingerprint density at radius 3 is 2.68 bits per heavy atom. The highest BCUT2D eigenvalue weighted by atomic mass is 16.5. The molecule has 0 bridgehead atoms. The van der Waals surface area contributed by atoms with Crippen LogP contribution in [0.1, 0.15) is 40.0 Å². The first-order chi connectivity index (χ1) is 10.5. The van der Waals surface area contributed by atoms with Crippen LogP contribution in [0, 0.1) is 5.92 Å². The van der Waals surface area contributed by atoms with Crippen molar-refractivity contribution in [2.75, 3.05) is 26.2 Å². The molecule has 1 aliphatic heterocycles. The second kappa shape index (κ2) is 7.63. The van der Waals surface area contributed by atoms with E-state index in [1.165, 1.54) is 12.8 Å². The van der Waals surface area contributed by atoms with Gasteiger partial charge in [-0.15, -0.1) is 0 Å². The molecule has 124 valence electrons. The summed E-state index contributed by atoms with van der Waals surface area (Å²) in [5.41, 5.74) is 1.22. The van der Waals surface area contributed by atoms with E-state index in [9.17, 15) is 9.59 Å². The van der Waals surface area contributed by atoms with Gasteiger partial charge in [-0.25, -0.2) is 9.59 Å². The third-order valence-corrected chi connectivity index (χ3v) is 4.00. The lowest BCUT2D eigenvalue weighted by Gasteiger charge is -2.30. The molecule has 6 nitrogen and oxygen atoms in total. The molecule has 6 heteroatoms. The number of nitrogens with one attached hydrogen (secondary N) is 2. The van der Waals surface area contributed by atoms with Crippen molar-refractivity contribution in [3.63, 3.8) is 0 Å². The van der Waals surface area contributed by atoms with Crippen molar-refractivity contribution in [1.82, 2.24) is 15.5 Å². The number of esters is 1. The minimum Gasteiger partial charge on any atom is -0.463 e. The highest BCUT2D eigenvalue weighted by Crippen LogP contribution is 2.30. The van der Waals surface area contributed by atoms with E-state index >= 15 is 0 Å². The van der Waals surface area contributed by atoms with E-state index in [1.54, 1.807) is 6.92 Å². The SMILES string of the molecule is CCCN(CC1=C(C(=O)OCC)C(C)NC(=O)N1)CC1CC1. The second-order valence-corrected chi connectivity index (χ2v) is 6.11. The summed E-state index contributed by atoms with van der Waals surface area (Å²) in [6.07, 6.45) is 3.62. The number of amides is 2. The molecule has 2 N–H and O–H groups in total. The molecule has 0 radical (unpaired) electrons. The Labute approximate surface area is 132 Å². The van der Waals surface area contributed by atoms with Crippen molar-refractivity contribution < 1.29 is 14.3 Å². The Morgan fingerprint density at radius 2 is 2.09 bits per heavy atom. The van der Waals surface area contributed by atoms with Gasteiger partial charge >= 0.3 is 12.0 Å². The fourth-order valence-corrected chi connectivity index (χ4v) is 2.84. The molecular weight excluding hydrogens is 282 g/mol. The molecule has 22 heavy (non-hydrogen) atoms. The molecule has 1 heterocycles. The van der Waals surface area contributed by atoms with Crippen LogP contribution in [-0.2, 0) is 9.53 Å². The van der Waals surface area contributed by atoms with Gasteiger partial charge in [0.1, 0.15) is 0 Å². The normalized spacial score (nSPS) is 21.6. The lowest BCUT2D eigenvalue weighted by Crippen LogP contribution is -2.51. The molecule has 1 saturated carbocycles. The third-order valence-electron chi connectivity index (χ3n) is 4.00. The predicted molar refractivity (Wildman–Crippen MR) is 84.2 cm³/mol. The number of carbonyl (C=O) groups excluding carboxylic acids is 2. The maximum absolute atomic E-state index is 12.2. The number of urea groups is 1. The zero-order valence-electron chi connectivity index (χ0n) is 13.8. The van der Waals surface area contributed by atoms with Crippen molar-refractivity contribution >= 4 is 12.0 Å². The first kappa shape index (κ1) is 16.8. The van der Waals surface area contributed by atoms with Crippen LogP contribution in [0.3, 0.4) is 0 Å². The minimum absolute atomic E-state index is 0.251. The molecule has 0 saturated heterocycles. The van der Waals surface area contributed by atoms with Gasteiger partial charge in [0.05, 0.1) is 18.2 Å². The molecule has 1 fully saturated rings. The lowest BCUT2D eigenvalue weighted by molar-refractivity contribution is -0.139. The summed E-state index contributed by atoms with van der Waals surface area (Å²) in [7, 11) is 0. The van der Waals surface area contributed by atoms with E-state index in [0.29, 0.717) is 24.4 Å². The van der Waals surface area contributed by atoms with Gasteiger partial charge in [-0.2, -0.15) is 0 Å².